The van der Waals surface area contributed by atoms with Gasteiger partial charge in [0.1, 0.15) is 23.5 Å². The first kappa shape index (κ1) is 27.7. The van der Waals surface area contributed by atoms with Crippen LogP contribution in [0.25, 0.3) is 21.9 Å². The van der Waals surface area contributed by atoms with Crippen molar-refractivity contribution >= 4 is 33.7 Å². The number of carbonyl (C=O) groups excluding carboxylic acids is 1. The number of imidazole rings is 1. The molecule has 9 nitrogen and oxygen atoms in total. The van der Waals surface area contributed by atoms with Crippen molar-refractivity contribution in [1.82, 2.24) is 14.5 Å². The van der Waals surface area contributed by atoms with Gasteiger partial charge in [0.2, 0.25) is 0 Å². The van der Waals surface area contributed by atoms with Crippen molar-refractivity contribution in [2.45, 2.75) is 85.3 Å². The summed E-state index contributed by atoms with van der Waals surface area (Å²) in [5.74, 6) is 0.134. The molecule has 0 aliphatic rings. The molecule has 1 aromatic carbocycles. The lowest BCUT2D eigenvalue weighted by Crippen LogP contribution is -2.43. The Labute approximate surface area is 200 Å². The molecule has 0 unspecified atom stereocenters. The zero-order valence-corrected chi connectivity index (χ0v) is 21.4. The van der Waals surface area contributed by atoms with Gasteiger partial charge in [-0.1, -0.05) is 32.0 Å². The molecule has 0 atom stereocenters. The highest BCUT2D eigenvalue weighted by Gasteiger charge is 2.32. The summed E-state index contributed by atoms with van der Waals surface area (Å²) in [6.45, 7) is 13.6. The number of aliphatic hydroxyl groups excluding tert-OH is 1. The van der Waals surface area contributed by atoms with Crippen LogP contribution in [0.3, 0.4) is 0 Å². The Kier molecular flexibility index (Phi) is 8.42. The van der Waals surface area contributed by atoms with Crippen molar-refractivity contribution in [2.24, 2.45) is 0 Å². The minimum absolute atomic E-state index is 0.0250. The van der Waals surface area contributed by atoms with Gasteiger partial charge in [-0.2, -0.15) is 0 Å². The molecular formula is C25H38N4O5. The van der Waals surface area contributed by atoms with Crippen LogP contribution in [0.1, 0.15) is 61.2 Å². The molecule has 188 valence electrons. The number of para-hydroxylation sites is 1. The second-order valence-electron chi connectivity index (χ2n) is 9.83. The van der Waals surface area contributed by atoms with Gasteiger partial charge in [-0.15, -0.1) is 0 Å². The SMILES string of the molecule is CC.CC(C)(O)COC(C)(C)C(=O)Nc1nc2ccccc2c2c1nc(CO)n2CC(C)(C)O. The molecule has 2 aromatic heterocycles. The van der Waals surface area contributed by atoms with E-state index in [-0.39, 0.29) is 25.6 Å². The highest BCUT2D eigenvalue weighted by molar-refractivity contribution is 6.10. The average molecular weight is 475 g/mol. The van der Waals surface area contributed by atoms with E-state index in [1.165, 1.54) is 0 Å². The number of nitrogens with one attached hydrogen (secondary N) is 1. The summed E-state index contributed by atoms with van der Waals surface area (Å²) in [4.78, 5) is 22.2. The van der Waals surface area contributed by atoms with E-state index >= 15 is 0 Å². The molecule has 0 saturated carbocycles. The first-order chi connectivity index (χ1) is 15.7. The van der Waals surface area contributed by atoms with Gasteiger partial charge in [0.15, 0.2) is 5.82 Å². The van der Waals surface area contributed by atoms with Crippen molar-refractivity contribution in [3.8, 4) is 0 Å². The Bertz CT molecular complexity index is 1140. The zero-order chi connectivity index (χ0) is 25.9. The molecule has 3 aromatic rings. The van der Waals surface area contributed by atoms with Gasteiger partial charge in [-0.3, -0.25) is 4.79 Å². The predicted molar refractivity (Wildman–Crippen MR) is 134 cm³/mol. The Morgan fingerprint density at radius 3 is 2.21 bits per heavy atom. The smallest absolute Gasteiger partial charge is 0.257 e. The number of nitrogens with zero attached hydrogens (tertiary/aromatic N) is 3. The second-order valence-corrected chi connectivity index (χ2v) is 9.83. The molecule has 34 heavy (non-hydrogen) atoms. The normalized spacial score (nSPS) is 12.6. The van der Waals surface area contributed by atoms with Gasteiger partial charge in [0, 0.05) is 5.39 Å². The number of aromatic nitrogens is 3. The lowest BCUT2D eigenvalue weighted by atomic mass is 10.1. The standard InChI is InChI=1S/C23H32N4O5.C2H6/c1-21(2,30)12-27-16(11-28)25-17-18(27)14-9-7-8-10-15(14)24-19(17)26-20(29)23(5,6)32-13-22(3,4)31;1-2/h7-10,28,30-31H,11-13H2,1-6H3,(H,24,26,29);1-2H3. The molecule has 1 amide bonds. The fourth-order valence-corrected chi connectivity index (χ4v) is 3.33. The molecular weight excluding hydrogens is 436 g/mol. The summed E-state index contributed by atoms with van der Waals surface area (Å²) in [6.07, 6.45) is 0. The van der Waals surface area contributed by atoms with Gasteiger partial charge >= 0.3 is 0 Å². The Morgan fingerprint density at radius 1 is 1.03 bits per heavy atom. The van der Waals surface area contributed by atoms with E-state index in [4.69, 9.17) is 4.74 Å². The number of anilines is 1. The van der Waals surface area contributed by atoms with Crippen molar-refractivity contribution in [3.63, 3.8) is 0 Å². The van der Waals surface area contributed by atoms with Crippen LogP contribution >= 0.6 is 0 Å². The second kappa shape index (κ2) is 10.4. The third-order valence-corrected chi connectivity index (χ3v) is 4.91. The number of aliphatic hydroxyl groups is 3. The van der Waals surface area contributed by atoms with Gasteiger partial charge in [-0.05, 0) is 47.6 Å². The minimum Gasteiger partial charge on any atom is -0.389 e. The highest BCUT2D eigenvalue weighted by Crippen LogP contribution is 2.32. The number of hydrogen-bond donors (Lipinski definition) is 4. The number of hydrogen-bond acceptors (Lipinski definition) is 7. The monoisotopic (exact) mass is 474 g/mol. The molecule has 2 heterocycles. The van der Waals surface area contributed by atoms with E-state index < -0.39 is 22.7 Å². The van der Waals surface area contributed by atoms with Crippen LogP contribution < -0.4 is 5.32 Å². The number of ether oxygens (including phenoxy) is 1. The van der Waals surface area contributed by atoms with Crippen LogP contribution in [0, 0.1) is 0 Å². The number of pyridine rings is 1. The quantitative estimate of drug-likeness (QED) is 0.394. The maximum atomic E-state index is 13.0. The van der Waals surface area contributed by atoms with Crippen LogP contribution in [0.2, 0.25) is 0 Å². The van der Waals surface area contributed by atoms with Gasteiger partial charge in [-0.25, -0.2) is 9.97 Å². The fourth-order valence-electron chi connectivity index (χ4n) is 3.33. The molecule has 9 heteroatoms. The van der Waals surface area contributed by atoms with E-state index in [0.29, 0.717) is 22.4 Å². The molecule has 3 rings (SSSR count). The van der Waals surface area contributed by atoms with Gasteiger partial charge in [0.25, 0.3) is 5.91 Å². The van der Waals surface area contributed by atoms with E-state index in [2.05, 4.69) is 15.3 Å². The van der Waals surface area contributed by atoms with Crippen LogP contribution in [0.15, 0.2) is 24.3 Å². The lowest BCUT2D eigenvalue weighted by molar-refractivity contribution is -0.144. The van der Waals surface area contributed by atoms with Crippen molar-refractivity contribution in [2.75, 3.05) is 11.9 Å². The van der Waals surface area contributed by atoms with Gasteiger partial charge in [0.05, 0.1) is 35.4 Å². The third kappa shape index (κ3) is 6.50. The number of carbonyl (C=O) groups is 1. The average Bonchev–Trinajstić information content (AvgIpc) is 3.10. The summed E-state index contributed by atoms with van der Waals surface area (Å²) in [5, 5.41) is 33.9. The third-order valence-electron chi connectivity index (χ3n) is 4.91. The Hall–Kier alpha value is -2.59. The maximum absolute atomic E-state index is 13.0. The van der Waals surface area contributed by atoms with Crippen molar-refractivity contribution in [1.29, 1.82) is 0 Å². The summed E-state index contributed by atoms with van der Waals surface area (Å²) in [6, 6.07) is 7.42. The topological polar surface area (TPSA) is 130 Å². The first-order valence-corrected chi connectivity index (χ1v) is 11.5. The van der Waals surface area contributed by atoms with E-state index in [1.54, 1.807) is 46.1 Å². The van der Waals surface area contributed by atoms with Crippen LogP contribution in [0.5, 0.6) is 0 Å². The molecule has 0 radical (unpaired) electrons. The predicted octanol–water partition coefficient (Wildman–Crippen LogP) is 3.38. The fraction of sp³-hybridized carbons (Fsp3) is 0.560. The summed E-state index contributed by atoms with van der Waals surface area (Å²) in [5.41, 5.74) is -1.69. The van der Waals surface area contributed by atoms with Crippen LogP contribution in [-0.2, 0) is 22.7 Å². The maximum Gasteiger partial charge on any atom is 0.257 e. The first-order valence-electron chi connectivity index (χ1n) is 11.5. The lowest BCUT2D eigenvalue weighted by Gasteiger charge is -2.28. The summed E-state index contributed by atoms with van der Waals surface area (Å²) < 4.78 is 7.41. The Balaban J connectivity index is 0.00000199. The molecule has 0 fully saturated rings. The molecule has 0 saturated heterocycles. The minimum atomic E-state index is -1.24. The summed E-state index contributed by atoms with van der Waals surface area (Å²) in [7, 11) is 0. The van der Waals surface area contributed by atoms with Crippen LogP contribution in [0.4, 0.5) is 5.82 Å². The number of amides is 1. The van der Waals surface area contributed by atoms with Crippen molar-refractivity contribution < 1.29 is 24.9 Å². The molecule has 4 N–H and O–H groups in total. The van der Waals surface area contributed by atoms with E-state index in [1.807, 2.05) is 38.1 Å². The van der Waals surface area contributed by atoms with Gasteiger partial charge < -0.3 is 29.9 Å². The number of benzene rings is 1. The molecule has 0 aliphatic carbocycles. The summed E-state index contributed by atoms with van der Waals surface area (Å²) >= 11 is 0. The zero-order valence-electron chi connectivity index (χ0n) is 21.4. The number of rotatable bonds is 8. The Morgan fingerprint density at radius 2 is 1.65 bits per heavy atom. The largest absolute Gasteiger partial charge is 0.389 e. The highest BCUT2D eigenvalue weighted by atomic mass is 16.5. The van der Waals surface area contributed by atoms with Crippen LogP contribution in [-0.4, -0.2) is 59.2 Å². The van der Waals surface area contributed by atoms with E-state index in [0.717, 1.165) is 5.39 Å². The molecule has 0 bridgehead atoms. The molecule has 0 spiro atoms. The van der Waals surface area contributed by atoms with Crippen molar-refractivity contribution in [3.05, 3.63) is 30.1 Å². The van der Waals surface area contributed by atoms with E-state index in [9.17, 15) is 20.1 Å². The molecule has 0 aliphatic heterocycles. The number of fused-ring (bicyclic) bond motifs is 3.